The number of hydrogen-bond acceptors (Lipinski definition) is 3. The number of amides is 1. The van der Waals surface area contributed by atoms with Crippen molar-refractivity contribution >= 4 is 23.4 Å². The zero-order valence-electron chi connectivity index (χ0n) is 10.6. The predicted molar refractivity (Wildman–Crippen MR) is 76.7 cm³/mol. The summed E-state index contributed by atoms with van der Waals surface area (Å²) in [6.07, 6.45) is 4.41. The van der Waals surface area contributed by atoms with Gasteiger partial charge in [-0.1, -0.05) is 0 Å². The van der Waals surface area contributed by atoms with Crippen LogP contribution < -0.4 is 5.32 Å². The number of carbonyl (C=O) groups excluding carboxylic acids is 1. The molecule has 19 heavy (non-hydrogen) atoms. The van der Waals surface area contributed by atoms with Crippen LogP contribution in [0.1, 0.15) is 34.9 Å². The molecule has 1 aromatic heterocycles. The van der Waals surface area contributed by atoms with E-state index in [2.05, 4.69) is 15.5 Å². The zero-order valence-corrected chi connectivity index (χ0v) is 11.5. The number of aromatic amines is 1. The van der Waals surface area contributed by atoms with E-state index < -0.39 is 0 Å². The van der Waals surface area contributed by atoms with Crippen LogP contribution in [0.2, 0.25) is 0 Å². The van der Waals surface area contributed by atoms with E-state index in [9.17, 15) is 4.79 Å². The van der Waals surface area contributed by atoms with E-state index in [0.717, 1.165) is 11.4 Å². The van der Waals surface area contributed by atoms with Crippen LogP contribution in [0.25, 0.3) is 0 Å². The molecule has 0 aliphatic heterocycles. The van der Waals surface area contributed by atoms with E-state index >= 15 is 0 Å². The van der Waals surface area contributed by atoms with Gasteiger partial charge in [0.15, 0.2) is 5.69 Å². The highest BCUT2D eigenvalue weighted by Gasteiger charge is 2.26. The van der Waals surface area contributed by atoms with E-state index in [1.807, 2.05) is 36.6 Å². The number of anilines is 1. The minimum Gasteiger partial charge on any atom is -0.321 e. The summed E-state index contributed by atoms with van der Waals surface area (Å²) >= 11 is 1.68. The summed E-state index contributed by atoms with van der Waals surface area (Å²) < 4.78 is 0. The average Bonchev–Trinajstić information content (AvgIpc) is 3.17. The second-order valence-corrected chi connectivity index (χ2v) is 5.55. The molecule has 4 nitrogen and oxygen atoms in total. The third kappa shape index (κ3) is 2.81. The maximum Gasteiger partial charge on any atom is 0.276 e. The third-order valence-corrected chi connectivity index (χ3v) is 3.94. The summed E-state index contributed by atoms with van der Waals surface area (Å²) in [7, 11) is 0. The van der Waals surface area contributed by atoms with Gasteiger partial charge in [0.05, 0.1) is 0 Å². The lowest BCUT2D eigenvalue weighted by Gasteiger charge is -2.03. The Balaban J connectivity index is 1.68. The summed E-state index contributed by atoms with van der Waals surface area (Å²) in [5.41, 5.74) is 2.32. The Kier molecular flexibility index (Phi) is 3.29. The number of nitrogens with zero attached hydrogens (tertiary/aromatic N) is 1. The van der Waals surface area contributed by atoms with Crippen molar-refractivity contribution in [2.75, 3.05) is 11.6 Å². The fourth-order valence-corrected chi connectivity index (χ4v) is 2.33. The van der Waals surface area contributed by atoms with E-state index in [0.29, 0.717) is 11.6 Å². The quantitative estimate of drug-likeness (QED) is 0.841. The largest absolute Gasteiger partial charge is 0.321 e. The topological polar surface area (TPSA) is 57.8 Å². The number of H-pyrrole nitrogens is 1. The van der Waals surface area contributed by atoms with Gasteiger partial charge in [-0.15, -0.1) is 11.8 Å². The Bertz CT molecular complexity index is 587. The SMILES string of the molecule is CSc1ccc(NC(=O)c2cc(C3CC3)[nH]n2)cc1. The molecule has 2 aromatic rings. The van der Waals surface area contributed by atoms with E-state index in [4.69, 9.17) is 0 Å². The molecule has 0 spiro atoms. The highest BCUT2D eigenvalue weighted by atomic mass is 32.2. The van der Waals surface area contributed by atoms with Gasteiger partial charge < -0.3 is 5.32 Å². The first kappa shape index (κ1) is 12.3. The Labute approximate surface area is 116 Å². The molecule has 1 aromatic carbocycles. The molecule has 1 amide bonds. The van der Waals surface area contributed by atoms with Crippen molar-refractivity contribution in [1.82, 2.24) is 10.2 Å². The predicted octanol–water partition coefficient (Wildman–Crippen LogP) is 3.26. The Morgan fingerprint density at radius 1 is 1.37 bits per heavy atom. The lowest BCUT2D eigenvalue weighted by atomic mass is 10.2. The molecule has 98 valence electrons. The van der Waals surface area contributed by atoms with Crippen molar-refractivity contribution in [3.05, 3.63) is 41.7 Å². The van der Waals surface area contributed by atoms with Crippen molar-refractivity contribution in [2.24, 2.45) is 0 Å². The second-order valence-electron chi connectivity index (χ2n) is 4.67. The fourth-order valence-electron chi connectivity index (χ4n) is 1.93. The second kappa shape index (κ2) is 5.09. The molecule has 1 heterocycles. The lowest BCUT2D eigenvalue weighted by Crippen LogP contribution is -2.12. The van der Waals surface area contributed by atoms with Gasteiger partial charge in [0.25, 0.3) is 5.91 Å². The lowest BCUT2D eigenvalue weighted by molar-refractivity contribution is 0.102. The average molecular weight is 273 g/mol. The fraction of sp³-hybridized carbons (Fsp3) is 0.286. The number of carbonyl (C=O) groups is 1. The van der Waals surface area contributed by atoms with Crippen LogP contribution in [0.4, 0.5) is 5.69 Å². The molecule has 0 bridgehead atoms. The minimum absolute atomic E-state index is 0.167. The third-order valence-electron chi connectivity index (χ3n) is 3.20. The van der Waals surface area contributed by atoms with Crippen LogP contribution in [0, 0.1) is 0 Å². The monoisotopic (exact) mass is 273 g/mol. The van der Waals surface area contributed by atoms with Crippen molar-refractivity contribution in [3.63, 3.8) is 0 Å². The van der Waals surface area contributed by atoms with Crippen molar-refractivity contribution in [1.29, 1.82) is 0 Å². The van der Waals surface area contributed by atoms with Gasteiger partial charge in [0.2, 0.25) is 0 Å². The molecule has 5 heteroatoms. The molecule has 2 N–H and O–H groups in total. The summed E-state index contributed by atoms with van der Waals surface area (Å²) in [5.74, 6) is 0.412. The molecule has 1 aliphatic carbocycles. The van der Waals surface area contributed by atoms with Crippen LogP contribution in [0.15, 0.2) is 35.2 Å². The van der Waals surface area contributed by atoms with E-state index in [1.165, 1.54) is 17.7 Å². The Morgan fingerprint density at radius 2 is 2.11 bits per heavy atom. The van der Waals surface area contributed by atoms with Gasteiger partial charge in [-0.2, -0.15) is 5.10 Å². The molecule has 0 saturated heterocycles. The van der Waals surface area contributed by atoms with Crippen molar-refractivity contribution in [2.45, 2.75) is 23.7 Å². The van der Waals surface area contributed by atoms with Crippen LogP contribution >= 0.6 is 11.8 Å². The van der Waals surface area contributed by atoms with Crippen molar-refractivity contribution < 1.29 is 4.79 Å². The van der Waals surface area contributed by atoms with Crippen LogP contribution in [-0.2, 0) is 0 Å². The summed E-state index contributed by atoms with van der Waals surface area (Å²) in [6.45, 7) is 0. The highest BCUT2D eigenvalue weighted by Crippen LogP contribution is 2.39. The maximum absolute atomic E-state index is 12.0. The Hall–Kier alpha value is -1.75. The van der Waals surface area contributed by atoms with Gasteiger partial charge >= 0.3 is 0 Å². The first-order valence-electron chi connectivity index (χ1n) is 6.27. The molecular weight excluding hydrogens is 258 g/mol. The summed E-state index contributed by atoms with van der Waals surface area (Å²) in [5, 5.41) is 9.86. The highest BCUT2D eigenvalue weighted by molar-refractivity contribution is 7.98. The van der Waals surface area contributed by atoms with Crippen molar-refractivity contribution in [3.8, 4) is 0 Å². The maximum atomic E-state index is 12.0. The van der Waals surface area contributed by atoms with Gasteiger partial charge in [-0.3, -0.25) is 9.89 Å². The Morgan fingerprint density at radius 3 is 2.74 bits per heavy atom. The number of nitrogens with one attached hydrogen (secondary N) is 2. The molecule has 1 aliphatic rings. The summed E-state index contributed by atoms with van der Waals surface area (Å²) in [4.78, 5) is 13.2. The van der Waals surface area contributed by atoms with Gasteiger partial charge in [-0.05, 0) is 49.4 Å². The first-order chi connectivity index (χ1) is 9.26. The number of rotatable bonds is 4. The van der Waals surface area contributed by atoms with Gasteiger partial charge in [-0.25, -0.2) is 0 Å². The standard InChI is InChI=1S/C14H15N3OS/c1-19-11-6-4-10(5-7-11)15-14(18)13-8-12(16-17-13)9-2-3-9/h4-9H,2-3H2,1H3,(H,15,18)(H,16,17). The van der Waals surface area contributed by atoms with E-state index in [1.54, 1.807) is 11.8 Å². The molecule has 0 radical (unpaired) electrons. The molecule has 0 unspecified atom stereocenters. The summed E-state index contributed by atoms with van der Waals surface area (Å²) in [6, 6.07) is 9.63. The molecule has 1 saturated carbocycles. The number of benzene rings is 1. The molecular formula is C14H15N3OS. The minimum atomic E-state index is -0.167. The van der Waals surface area contributed by atoms with Gasteiger partial charge in [0.1, 0.15) is 0 Å². The first-order valence-corrected chi connectivity index (χ1v) is 7.49. The smallest absolute Gasteiger partial charge is 0.276 e. The zero-order chi connectivity index (χ0) is 13.2. The normalized spacial score (nSPS) is 14.4. The number of thioether (sulfide) groups is 1. The van der Waals surface area contributed by atoms with Crippen LogP contribution in [0.5, 0.6) is 0 Å². The van der Waals surface area contributed by atoms with Crippen LogP contribution in [-0.4, -0.2) is 22.4 Å². The van der Waals surface area contributed by atoms with Crippen LogP contribution in [0.3, 0.4) is 0 Å². The number of aromatic nitrogens is 2. The molecule has 0 atom stereocenters. The van der Waals surface area contributed by atoms with Gasteiger partial charge in [0, 0.05) is 22.2 Å². The number of hydrogen-bond donors (Lipinski definition) is 2. The molecule has 3 rings (SSSR count). The molecule has 1 fully saturated rings. The van der Waals surface area contributed by atoms with E-state index in [-0.39, 0.29) is 5.91 Å².